The molecule has 2 aliphatic carbocycles. The van der Waals surface area contributed by atoms with Crippen molar-refractivity contribution in [3.05, 3.63) is 223 Å². The van der Waals surface area contributed by atoms with E-state index in [4.69, 9.17) is 0 Å². The number of hydrogen-bond acceptors (Lipinski definition) is 1. The molecule has 0 bridgehead atoms. The summed E-state index contributed by atoms with van der Waals surface area (Å²) >= 11 is 0. The molecule has 3 aromatic carbocycles. The molecule has 0 saturated heterocycles. The second kappa shape index (κ2) is 38.5. The van der Waals surface area contributed by atoms with Gasteiger partial charge in [-0.05, 0) is 140 Å². The Balaban J connectivity index is 0. The summed E-state index contributed by atoms with van der Waals surface area (Å²) in [5.74, 6) is 0.755. The summed E-state index contributed by atoms with van der Waals surface area (Å²) in [5.41, 5.74) is 13.5. The first-order valence-corrected chi connectivity index (χ1v) is 26.2. The lowest BCUT2D eigenvalue weighted by molar-refractivity contribution is 0.126. The van der Waals surface area contributed by atoms with E-state index in [1.54, 1.807) is 5.57 Å². The summed E-state index contributed by atoms with van der Waals surface area (Å²) in [5, 5.41) is 3.19. The zero-order valence-corrected chi connectivity index (χ0v) is 48.1. The minimum atomic E-state index is 0.439. The average molecular weight is 947 g/mol. The average Bonchev–Trinajstić information content (AvgIpc) is 3.36. The molecule has 384 valence electrons. The molecule has 0 fully saturated rings. The van der Waals surface area contributed by atoms with Crippen molar-refractivity contribution in [2.45, 2.75) is 156 Å². The lowest BCUT2D eigenvalue weighted by Gasteiger charge is -2.37. The van der Waals surface area contributed by atoms with Gasteiger partial charge in [-0.15, -0.1) is 13.2 Å². The first-order valence-electron chi connectivity index (χ1n) is 26.2. The van der Waals surface area contributed by atoms with Crippen molar-refractivity contribution in [2.24, 2.45) is 22.2 Å². The molecule has 1 N–H and O–H groups in total. The fourth-order valence-corrected chi connectivity index (χ4v) is 6.43. The minimum absolute atomic E-state index is 0.439. The molecule has 3 aromatic rings. The van der Waals surface area contributed by atoms with Crippen LogP contribution in [0.25, 0.3) is 16.7 Å². The molecule has 0 amide bonds. The van der Waals surface area contributed by atoms with E-state index in [0.717, 1.165) is 54.0 Å². The molecule has 0 spiro atoms. The first kappa shape index (κ1) is 66.8. The van der Waals surface area contributed by atoms with Crippen LogP contribution < -0.4 is 5.32 Å². The van der Waals surface area contributed by atoms with Crippen molar-refractivity contribution < 1.29 is 0 Å². The first-order chi connectivity index (χ1) is 33.1. The molecular weight excluding hydrogens is 843 g/mol. The van der Waals surface area contributed by atoms with E-state index in [1.165, 1.54) is 53.5 Å². The molecule has 0 saturated carbocycles. The van der Waals surface area contributed by atoms with Gasteiger partial charge in [-0.25, -0.2) is 0 Å². The highest BCUT2D eigenvalue weighted by molar-refractivity contribution is 5.79. The largest absolute Gasteiger partial charge is 0.319 e. The monoisotopic (exact) mass is 946 g/mol. The zero-order chi connectivity index (χ0) is 53.6. The van der Waals surface area contributed by atoms with Crippen molar-refractivity contribution in [3.8, 4) is 0 Å². The normalized spacial score (nSPS) is 13.5. The van der Waals surface area contributed by atoms with Gasteiger partial charge in [-0.2, -0.15) is 0 Å². The van der Waals surface area contributed by atoms with Gasteiger partial charge in [0, 0.05) is 6.54 Å². The van der Waals surface area contributed by atoms with Crippen molar-refractivity contribution in [2.75, 3.05) is 13.6 Å². The fraction of sp³-hybridized carbons (Fsp3) is 0.420. The van der Waals surface area contributed by atoms with Gasteiger partial charge < -0.3 is 5.32 Å². The predicted octanol–water partition coefficient (Wildman–Crippen LogP) is 21.4. The number of benzene rings is 3. The van der Waals surface area contributed by atoms with Gasteiger partial charge in [0.25, 0.3) is 0 Å². The third kappa shape index (κ3) is 29.7. The second-order valence-corrected chi connectivity index (χ2v) is 20.5. The summed E-state index contributed by atoms with van der Waals surface area (Å²) in [7, 11) is 2.00. The van der Waals surface area contributed by atoms with Crippen molar-refractivity contribution >= 4 is 16.7 Å². The number of rotatable bonds is 13. The third-order valence-corrected chi connectivity index (χ3v) is 13.4. The maximum atomic E-state index is 4.29. The van der Waals surface area contributed by atoms with Crippen LogP contribution in [0.4, 0.5) is 0 Å². The smallest absolute Gasteiger partial charge is 0.000196 e. The summed E-state index contributed by atoms with van der Waals surface area (Å²) in [4.78, 5) is 0. The van der Waals surface area contributed by atoms with Crippen LogP contribution in [0.3, 0.4) is 0 Å². The fourth-order valence-electron chi connectivity index (χ4n) is 6.43. The van der Waals surface area contributed by atoms with E-state index < -0.39 is 0 Å². The highest BCUT2D eigenvalue weighted by Gasteiger charge is 2.30. The number of allylic oxidation sites excluding steroid dienone is 18. The maximum absolute atomic E-state index is 4.29. The van der Waals surface area contributed by atoms with Crippen LogP contribution in [0.1, 0.15) is 171 Å². The van der Waals surface area contributed by atoms with Crippen LogP contribution in [0.5, 0.6) is 0 Å². The van der Waals surface area contributed by atoms with Crippen LogP contribution in [-0.4, -0.2) is 13.6 Å². The summed E-state index contributed by atoms with van der Waals surface area (Å²) in [6.45, 7) is 51.1. The van der Waals surface area contributed by atoms with E-state index in [2.05, 4.69) is 257 Å². The molecule has 0 radical (unpaired) electrons. The molecule has 0 heterocycles. The quantitative estimate of drug-likeness (QED) is 0.133. The van der Waals surface area contributed by atoms with Crippen LogP contribution in [-0.2, 0) is 0 Å². The van der Waals surface area contributed by atoms with Crippen LogP contribution >= 0.6 is 0 Å². The van der Waals surface area contributed by atoms with Gasteiger partial charge in [0.2, 0.25) is 0 Å². The molecule has 1 nitrogen and oxygen atoms in total. The Morgan fingerprint density at radius 3 is 1.64 bits per heavy atom. The molecule has 70 heavy (non-hydrogen) atoms. The summed E-state index contributed by atoms with van der Waals surface area (Å²) in [6.07, 6.45) is 34.5. The Morgan fingerprint density at radius 2 is 1.30 bits per heavy atom. The van der Waals surface area contributed by atoms with E-state index in [1.807, 2.05) is 50.4 Å². The molecule has 0 atom stereocenters. The predicted molar refractivity (Wildman–Crippen MR) is 324 cm³/mol. The lowest BCUT2D eigenvalue weighted by atomic mass is 9.68. The van der Waals surface area contributed by atoms with Crippen molar-refractivity contribution in [3.63, 3.8) is 0 Å². The third-order valence-electron chi connectivity index (χ3n) is 13.4. The SMILES string of the molecule is C/C=C\CC.C=C.C=C(\C=C/C(=C\C)C(/C)=C/C(=C)c1ccc(C2=CCCC=C2)cc1)c1ccccc1.CCC(C)(C)C(C)(C)C.CCC1=CC=CCC1.CNCC(C)(C)C(C)C.Cc1ccccc1. The highest BCUT2D eigenvalue weighted by atomic mass is 14.8. The minimum Gasteiger partial charge on any atom is -0.319 e. The molecule has 1 heteroatoms. The Kier molecular flexibility index (Phi) is 36.8. The van der Waals surface area contributed by atoms with E-state index >= 15 is 0 Å². The molecule has 0 aliphatic heterocycles. The Bertz CT molecular complexity index is 2090. The van der Waals surface area contributed by atoms with Crippen molar-refractivity contribution in [1.82, 2.24) is 5.32 Å². The number of aryl methyl sites for hydroxylation is 1. The van der Waals surface area contributed by atoms with Gasteiger partial charge in [-0.3, -0.25) is 0 Å². The Morgan fingerprint density at radius 1 is 0.729 bits per heavy atom. The topological polar surface area (TPSA) is 12.0 Å². The molecule has 0 aromatic heterocycles. The van der Waals surface area contributed by atoms with E-state index in [0.29, 0.717) is 16.2 Å². The van der Waals surface area contributed by atoms with Gasteiger partial charge >= 0.3 is 0 Å². The van der Waals surface area contributed by atoms with Gasteiger partial charge in [-0.1, -0.05) is 272 Å². The van der Waals surface area contributed by atoms with Crippen LogP contribution in [0.2, 0.25) is 0 Å². The van der Waals surface area contributed by atoms with E-state index in [9.17, 15) is 0 Å². The summed E-state index contributed by atoms with van der Waals surface area (Å²) < 4.78 is 0. The maximum Gasteiger partial charge on any atom is 0.000196 e. The second-order valence-electron chi connectivity index (χ2n) is 20.5. The number of nitrogens with one attached hydrogen (secondary N) is 1. The van der Waals surface area contributed by atoms with Crippen molar-refractivity contribution in [1.29, 1.82) is 0 Å². The molecule has 0 unspecified atom stereocenters. The Hall–Kier alpha value is -5.24. The van der Waals surface area contributed by atoms with Gasteiger partial charge in [0.15, 0.2) is 0 Å². The van der Waals surface area contributed by atoms with Gasteiger partial charge in [0.05, 0.1) is 0 Å². The zero-order valence-electron chi connectivity index (χ0n) is 48.1. The van der Waals surface area contributed by atoms with Crippen LogP contribution in [0, 0.1) is 29.1 Å². The lowest BCUT2D eigenvalue weighted by Crippen LogP contribution is -2.31. The molecule has 2 aliphatic rings. The highest BCUT2D eigenvalue weighted by Crippen LogP contribution is 2.40. The van der Waals surface area contributed by atoms with Gasteiger partial charge in [0.1, 0.15) is 0 Å². The van der Waals surface area contributed by atoms with E-state index in [-0.39, 0.29) is 0 Å². The summed E-state index contributed by atoms with van der Waals surface area (Å²) in [6, 6.07) is 29.2. The standard InChI is InChI=1S/C30H30.C9H20.C8H19N.C8H12.C7H8.C5H10.C2H4/c1-5-26(17-16-23(2)27-12-8-6-9-13-27)24(3)22-25(4)28-18-20-30(21-19-28)29-14-10-7-11-15-29;1-7-9(5,6)8(2,3)4;1-7(2)8(3,4)6-9-5;1-2-8-6-4-3-5-7-8;1-7-5-3-2-4-6-7;1-3-5-4-2;1-2/h5-6,8-10,12-22H,2,4,7,11H2,1,3H3;7H2,1-6H3;7,9H,6H2,1-5H3;3-4,6H,2,5,7H2,1H3;2-6H,1H3;3,5H,4H2,1-2H3;1-2H2/b17-16-,24-22+,26-5+;;;;;5-3-;. The number of hydrogen-bond donors (Lipinski definition) is 1. The Labute approximate surface area is 434 Å². The molecule has 5 rings (SSSR count). The molecular formula is C69H103N. The van der Waals surface area contributed by atoms with Crippen LogP contribution in [0.15, 0.2) is 201 Å².